The Morgan fingerprint density at radius 3 is 1.52 bits per heavy atom. The molecule has 0 spiro atoms. The zero-order valence-corrected chi connectivity index (χ0v) is 23.0. The second-order valence-electron chi connectivity index (χ2n) is 7.25. The molecule has 0 fully saturated rings. The Bertz CT molecular complexity index is 1040. The average Bonchev–Trinajstić information content (AvgIpc) is 2.93. The Hall–Kier alpha value is -2.86. The summed E-state index contributed by atoms with van der Waals surface area (Å²) >= 11 is 0. The summed E-state index contributed by atoms with van der Waals surface area (Å²) in [4.78, 5) is 20.0. The van der Waals surface area contributed by atoms with Crippen LogP contribution in [0.3, 0.4) is 0 Å². The van der Waals surface area contributed by atoms with Gasteiger partial charge in [0.05, 0.1) is 61.7 Å². The Kier molecular flexibility index (Phi) is 18.6. The fourth-order valence-electron chi connectivity index (χ4n) is 2.49. The monoisotopic (exact) mass is 598 g/mol. The van der Waals surface area contributed by atoms with Crippen molar-refractivity contribution in [1.82, 2.24) is 9.80 Å². The molecule has 2 aromatic carbocycles. The topological polar surface area (TPSA) is 222 Å². The van der Waals surface area contributed by atoms with Crippen LogP contribution in [0.5, 0.6) is 23.0 Å². The Labute approximate surface area is 230 Å². The number of aliphatic hydroxyl groups is 6. The van der Waals surface area contributed by atoms with E-state index in [1.807, 2.05) is 0 Å². The summed E-state index contributed by atoms with van der Waals surface area (Å²) in [5, 5.41) is 48.8. The first-order valence-electron chi connectivity index (χ1n) is 11.1. The summed E-state index contributed by atoms with van der Waals surface area (Å²) in [7, 11) is -0.638. The van der Waals surface area contributed by atoms with Gasteiger partial charge in [-0.2, -0.15) is 0 Å². The highest BCUT2D eigenvalue weighted by molar-refractivity contribution is 7.46. The van der Waals surface area contributed by atoms with Gasteiger partial charge < -0.3 is 49.4 Å². The van der Waals surface area contributed by atoms with Crippen molar-refractivity contribution in [1.29, 1.82) is 0 Å². The standard InChI is InChI=1S/C17H18FO7P.2C3H9NO3/c1-22-14-7-6-11(9-15(14)25-26(19,20)21)4-5-12-8-13(18)17(24-3)16(10-12)23-2;2*5-1-4(2-6)3-7/h4-10H,1-3H3,(H2,19,20,21);2*5-7H,1-3H2/b5-4-;;. The van der Waals surface area contributed by atoms with Crippen molar-refractivity contribution >= 4 is 20.0 Å². The highest BCUT2D eigenvalue weighted by atomic mass is 31.2. The van der Waals surface area contributed by atoms with Gasteiger partial charge in [-0.3, -0.25) is 9.79 Å². The number of benzene rings is 2. The molecule has 40 heavy (non-hydrogen) atoms. The third-order valence-electron chi connectivity index (χ3n) is 4.53. The number of phosphoric ester groups is 1. The molecule has 0 heterocycles. The predicted octanol–water partition coefficient (Wildman–Crippen LogP) is -0.231. The van der Waals surface area contributed by atoms with Crippen molar-refractivity contribution in [2.24, 2.45) is 0 Å². The first-order valence-corrected chi connectivity index (χ1v) is 12.6. The van der Waals surface area contributed by atoms with Crippen molar-refractivity contribution in [2.75, 3.05) is 61.7 Å². The first kappa shape index (κ1) is 37.1. The van der Waals surface area contributed by atoms with Gasteiger partial charge in [0.1, 0.15) is 0 Å². The number of phosphoric acid groups is 1. The molecule has 0 aliphatic heterocycles. The van der Waals surface area contributed by atoms with Crippen LogP contribution in [0.1, 0.15) is 11.1 Å². The highest BCUT2D eigenvalue weighted by Crippen LogP contribution is 2.42. The van der Waals surface area contributed by atoms with Crippen molar-refractivity contribution in [3.63, 3.8) is 0 Å². The Balaban J connectivity index is 0.000000894. The van der Waals surface area contributed by atoms with Gasteiger partial charge in [0.25, 0.3) is 0 Å². The molecule has 2 rings (SSSR count). The van der Waals surface area contributed by atoms with Gasteiger partial charge in [0, 0.05) is 0 Å². The molecule has 0 aromatic heterocycles. The molecule has 0 bridgehead atoms. The summed E-state index contributed by atoms with van der Waals surface area (Å²) in [5.74, 6) is -0.269. The summed E-state index contributed by atoms with van der Waals surface area (Å²) in [6, 6.07) is 7.41. The minimum absolute atomic E-state index is 0.00595. The fourth-order valence-corrected chi connectivity index (χ4v) is 2.89. The second kappa shape index (κ2) is 20.1. The van der Waals surface area contributed by atoms with E-state index in [1.165, 1.54) is 39.5 Å². The minimum atomic E-state index is -4.74. The molecule has 0 aliphatic carbocycles. The number of aliphatic hydroxyl groups excluding tert-OH is 6. The van der Waals surface area contributed by atoms with E-state index in [0.29, 0.717) is 11.1 Å². The van der Waals surface area contributed by atoms with Gasteiger partial charge in [0.2, 0.25) is 0 Å². The van der Waals surface area contributed by atoms with Crippen LogP contribution in [0.15, 0.2) is 30.3 Å². The van der Waals surface area contributed by atoms with Crippen LogP contribution in [-0.4, -0.2) is 112 Å². The summed E-state index contributed by atoms with van der Waals surface area (Å²) < 4.78 is 44.7. The van der Waals surface area contributed by atoms with E-state index >= 15 is 0 Å². The van der Waals surface area contributed by atoms with Crippen LogP contribution >= 0.6 is 7.82 Å². The lowest BCUT2D eigenvalue weighted by atomic mass is 10.1. The van der Waals surface area contributed by atoms with Crippen LogP contribution in [0.25, 0.3) is 12.2 Å². The van der Waals surface area contributed by atoms with Crippen LogP contribution in [0, 0.1) is 5.82 Å². The smallest absolute Gasteiger partial charge is 0.493 e. The number of hydrogen-bond acceptors (Lipinski definition) is 13. The molecule has 8 N–H and O–H groups in total. The van der Waals surface area contributed by atoms with Gasteiger partial charge >= 0.3 is 7.82 Å². The largest absolute Gasteiger partial charge is 0.524 e. The maximum atomic E-state index is 14.0. The molecular formula is C23H36FN2O13P. The lowest BCUT2D eigenvalue weighted by Gasteiger charge is -2.11. The van der Waals surface area contributed by atoms with E-state index in [-0.39, 0.29) is 63.4 Å². The number of nitrogens with zero attached hydrogens (tertiary/aromatic N) is 2. The fraction of sp³-hybridized carbons (Fsp3) is 0.391. The Morgan fingerprint density at radius 2 is 1.15 bits per heavy atom. The highest BCUT2D eigenvalue weighted by Gasteiger charge is 2.19. The van der Waals surface area contributed by atoms with Gasteiger partial charge in [-0.1, -0.05) is 18.2 Å². The van der Waals surface area contributed by atoms with Crippen LogP contribution < -0.4 is 18.7 Å². The normalized spacial score (nSPS) is 11.1. The first-order chi connectivity index (χ1) is 19.0. The molecule has 15 nitrogen and oxygen atoms in total. The number of hydrogen-bond donors (Lipinski definition) is 8. The molecule has 0 saturated heterocycles. The molecule has 17 heteroatoms. The summed E-state index contributed by atoms with van der Waals surface area (Å²) in [6.45, 7) is -1.88. The molecule has 2 aromatic rings. The third-order valence-corrected chi connectivity index (χ3v) is 4.96. The quantitative estimate of drug-likeness (QED) is 0.0847. The maximum Gasteiger partial charge on any atom is 0.524 e. The lowest BCUT2D eigenvalue weighted by Crippen LogP contribution is -2.26. The molecule has 228 valence electrons. The van der Waals surface area contributed by atoms with Crippen LogP contribution in [0.2, 0.25) is 0 Å². The number of rotatable bonds is 13. The van der Waals surface area contributed by atoms with Crippen molar-refractivity contribution in [2.45, 2.75) is 0 Å². The molecule has 0 unspecified atom stereocenters. The van der Waals surface area contributed by atoms with Crippen LogP contribution in [0.4, 0.5) is 4.39 Å². The zero-order chi connectivity index (χ0) is 30.7. The van der Waals surface area contributed by atoms with Gasteiger partial charge in [0.15, 0.2) is 28.8 Å². The lowest BCUT2D eigenvalue weighted by molar-refractivity contribution is -0.0272. The van der Waals surface area contributed by atoms with Crippen molar-refractivity contribution in [3.8, 4) is 23.0 Å². The number of methoxy groups -OCH3 is 3. The number of ether oxygens (including phenoxy) is 3. The van der Waals surface area contributed by atoms with Gasteiger partial charge in [-0.25, -0.2) is 18.8 Å². The molecule has 0 aliphatic rings. The van der Waals surface area contributed by atoms with Gasteiger partial charge in [-0.05, 0) is 35.4 Å². The van der Waals surface area contributed by atoms with Gasteiger partial charge in [-0.15, -0.1) is 0 Å². The van der Waals surface area contributed by atoms with Crippen molar-refractivity contribution < 1.29 is 68.1 Å². The summed E-state index contributed by atoms with van der Waals surface area (Å²) in [5.41, 5.74) is 1.07. The van der Waals surface area contributed by atoms with E-state index in [1.54, 1.807) is 24.3 Å². The summed E-state index contributed by atoms with van der Waals surface area (Å²) in [6.07, 6.45) is 3.22. The van der Waals surface area contributed by atoms with Crippen molar-refractivity contribution in [3.05, 3.63) is 47.3 Å². The molecule has 0 atom stereocenters. The molecular weight excluding hydrogens is 562 g/mol. The van der Waals surface area contributed by atoms with E-state index in [2.05, 4.69) is 4.52 Å². The van der Waals surface area contributed by atoms with E-state index < -0.39 is 13.6 Å². The predicted molar refractivity (Wildman–Crippen MR) is 140 cm³/mol. The maximum absolute atomic E-state index is 14.0. The minimum Gasteiger partial charge on any atom is -0.493 e. The number of halogens is 1. The second-order valence-corrected chi connectivity index (χ2v) is 8.42. The molecule has 0 radical (unpaired) electrons. The average molecular weight is 599 g/mol. The van der Waals surface area contributed by atoms with Crippen LogP contribution in [-0.2, 0) is 4.57 Å². The molecule has 0 saturated carbocycles. The van der Waals surface area contributed by atoms with E-state index in [9.17, 15) is 8.96 Å². The Morgan fingerprint density at radius 1 is 0.700 bits per heavy atom. The third kappa shape index (κ3) is 14.0. The van der Waals surface area contributed by atoms with E-state index in [4.69, 9.17) is 54.6 Å². The zero-order valence-electron chi connectivity index (χ0n) is 22.1. The molecule has 0 amide bonds. The van der Waals surface area contributed by atoms with E-state index in [0.717, 1.165) is 9.80 Å². The SMILES string of the molecule is COc1ccc(/C=C\c2cc(F)c(OC)c(OC)c2)cc1OP(=O)(O)O.OCN(CO)CO.OCN(CO)CO.